The number of fused-ring (bicyclic) bond motifs is 1. The zero-order chi connectivity index (χ0) is 13.5. The van der Waals surface area contributed by atoms with E-state index in [2.05, 4.69) is 10.3 Å². The topological polar surface area (TPSA) is 55.6 Å². The molecule has 102 valence electrons. The summed E-state index contributed by atoms with van der Waals surface area (Å²) in [6, 6.07) is 0. The number of nitrogens with zero attached hydrogens (tertiary/aromatic N) is 2. The molecule has 1 N–H and O–H groups in total. The van der Waals surface area contributed by atoms with Crippen molar-refractivity contribution in [2.45, 2.75) is 13.3 Å². The van der Waals surface area contributed by atoms with Crippen molar-refractivity contribution in [3.8, 4) is 0 Å². The van der Waals surface area contributed by atoms with Crippen LogP contribution >= 0.6 is 11.3 Å². The largest absolute Gasteiger partial charge is 0.382 e. The molecule has 0 radical (unpaired) electrons. The van der Waals surface area contributed by atoms with E-state index in [0.29, 0.717) is 19.8 Å². The Kier molecular flexibility index (Phi) is 5.11. The van der Waals surface area contributed by atoms with E-state index in [4.69, 9.17) is 4.74 Å². The van der Waals surface area contributed by atoms with E-state index < -0.39 is 0 Å². The highest BCUT2D eigenvalue weighted by atomic mass is 32.1. The standard InChI is InChI=1S/C13H17N3O2S/c1-2-18-8-3-6-14-12(17)5-4-11-10-15-13-16(11)7-9-19-13/h4-5,7,9-10H,2-3,6,8H2,1H3,(H,14,17)/b5-4+. The Balaban J connectivity index is 1.79. The van der Waals surface area contributed by atoms with Crippen LogP contribution in [0.2, 0.25) is 0 Å². The van der Waals surface area contributed by atoms with Gasteiger partial charge in [0.2, 0.25) is 5.91 Å². The minimum atomic E-state index is -0.0957. The molecule has 0 aliphatic carbocycles. The van der Waals surface area contributed by atoms with E-state index in [0.717, 1.165) is 17.1 Å². The molecule has 2 heterocycles. The lowest BCUT2D eigenvalue weighted by Gasteiger charge is -2.02. The number of amides is 1. The third-order valence-electron chi connectivity index (χ3n) is 2.55. The molecule has 0 saturated heterocycles. The summed E-state index contributed by atoms with van der Waals surface area (Å²) in [7, 11) is 0. The van der Waals surface area contributed by atoms with Crippen LogP contribution in [0, 0.1) is 0 Å². The Morgan fingerprint density at radius 1 is 1.63 bits per heavy atom. The molecule has 0 bridgehead atoms. The van der Waals surface area contributed by atoms with Crippen LogP contribution in [0.25, 0.3) is 11.0 Å². The lowest BCUT2D eigenvalue weighted by Crippen LogP contribution is -2.23. The first kappa shape index (κ1) is 13.8. The van der Waals surface area contributed by atoms with Crippen molar-refractivity contribution in [3.05, 3.63) is 29.5 Å². The minimum absolute atomic E-state index is 0.0957. The lowest BCUT2D eigenvalue weighted by atomic mass is 10.3. The van der Waals surface area contributed by atoms with Gasteiger partial charge in [-0.15, -0.1) is 11.3 Å². The number of ether oxygens (including phenoxy) is 1. The van der Waals surface area contributed by atoms with Crippen LogP contribution < -0.4 is 5.32 Å². The van der Waals surface area contributed by atoms with E-state index in [1.807, 2.05) is 22.9 Å². The van der Waals surface area contributed by atoms with Gasteiger partial charge in [0.1, 0.15) is 0 Å². The number of hydrogen-bond acceptors (Lipinski definition) is 4. The molecule has 0 atom stereocenters. The number of thiazole rings is 1. The van der Waals surface area contributed by atoms with E-state index in [-0.39, 0.29) is 5.91 Å². The normalized spacial score (nSPS) is 11.4. The van der Waals surface area contributed by atoms with Gasteiger partial charge in [0.15, 0.2) is 4.96 Å². The molecule has 5 nitrogen and oxygen atoms in total. The van der Waals surface area contributed by atoms with Gasteiger partial charge in [-0.3, -0.25) is 9.20 Å². The molecule has 0 unspecified atom stereocenters. The van der Waals surface area contributed by atoms with Crippen LogP contribution in [0.15, 0.2) is 23.8 Å². The van der Waals surface area contributed by atoms with Crippen LogP contribution in [0.3, 0.4) is 0 Å². The van der Waals surface area contributed by atoms with Gasteiger partial charge in [-0.05, 0) is 19.4 Å². The first-order chi connectivity index (χ1) is 9.31. The Hall–Kier alpha value is -1.66. The van der Waals surface area contributed by atoms with Gasteiger partial charge in [-0.2, -0.15) is 0 Å². The third kappa shape index (κ3) is 3.90. The molecule has 6 heteroatoms. The second kappa shape index (κ2) is 7.06. The lowest BCUT2D eigenvalue weighted by molar-refractivity contribution is -0.116. The Morgan fingerprint density at radius 3 is 3.37 bits per heavy atom. The van der Waals surface area contributed by atoms with Crippen molar-refractivity contribution >= 4 is 28.3 Å². The van der Waals surface area contributed by atoms with Crippen molar-refractivity contribution in [1.29, 1.82) is 0 Å². The van der Waals surface area contributed by atoms with Crippen molar-refractivity contribution in [2.75, 3.05) is 19.8 Å². The van der Waals surface area contributed by atoms with Gasteiger partial charge in [-0.25, -0.2) is 4.98 Å². The van der Waals surface area contributed by atoms with Crippen molar-refractivity contribution in [3.63, 3.8) is 0 Å². The molecule has 2 aromatic rings. The molecule has 0 aliphatic rings. The Labute approximate surface area is 115 Å². The fourth-order valence-corrected chi connectivity index (χ4v) is 2.32. The summed E-state index contributed by atoms with van der Waals surface area (Å²) >= 11 is 1.57. The van der Waals surface area contributed by atoms with Crippen molar-refractivity contribution in [1.82, 2.24) is 14.7 Å². The first-order valence-electron chi connectivity index (χ1n) is 6.25. The summed E-state index contributed by atoms with van der Waals surface area (Å²) in [5, 5.41) is 4.78. The quantitative estimate of drug-likeness (QED) is 0.622. The van der Waals surface area contributed by atoms with Crippen molar-refractivity contribution in [2.24, 2.45) is 0 Å². The Morgan fingerprint density at radius 2 is 2.53 bits per heavy atom. The molecular formula is C13H17N3O2S. The monoisotopic (exact) mass is 279 g/mol. The number of nitrogens with one attached hydrogen (secondary N) is 1. The summed E-state index contributed by atoms with van der Waals surface area (Å²) in [6.45, 7) is 3.98. The number of imidazole rings is 1. The smallest absolute Gasteiger partial charge is 0.244 e. The predicted molar refractivity (Wildman–Crippen MR) is 76.2 cm³/mol. The van der Waals surface area contributed by atoms with Gasteiger partial charge in [0.25, 0.3) is 0 Å². The number of hydrogen-bond donors (Lipinski definition) is 1. The van der Waals surface area contributed by atoms with Crippen LogP contribution in [0.4, 0.5) is 0 Å². The van der Waals surface area contributed by atoms with E-state index in [1.165, 1.54) is 6.08 Å². The number of aromatic nitrogens is 2. The molecule has 0 aliphatic heterocycles. The second-order valence-electron chi connectivity index (χ2n) is 3.91. The van der Waals surface area contributed by atoms with Gasteiger partial charge in [0, 0.05) is 37.4 Å². The summed E-state index contributed by atoms with van der Waals surface area (Å²) in [6.07, 6.45) is 7.82. The fraction of sp³-hybridized carbons (Fsp3) is 0.385. The third-order valence-corrected chi connectivity index (χ3v) is 3.32. The average molecular weight is 279 g/mol. The van der Waals surface area contributed by atoms with Gasteiger partial charge in [-0.1, -0.05) is 0 Å². The SMILES string of the molecule is CCOCCCNC(=O)/C=C/c1cnc2sccn12. The van der Waals surface area contributed by atoms with Crippen molar-refractivity contribution < 1.29 is 9.53 Å². The second-order valence-corrected chi connectivity index (χ2v) is 4.79. The molecule has 2 rings (SSSR count). The molecule has 0 fully saturated rings. The average Bonchev–Trinajstić information content (AvgIpc) is 2.99. The molecular weight excluding hydrogens is 262 g/mol. The van der Waals surface area contributed by atoms with Crippen LogP contribution in [-0.2, 0) is 9.53 Å². The van der Waals surface area contributed by atoms with E-state index in [9.17, 15) is 4.79 Å². The molecule has 2 aromatic heterocycles. The maximum atomic E-state index is 11.6. The summed E-state index contributed by atoms with van der Waals surface area (Å²) < 4.78 is 7.14. The molecule has 1 amide bonds. The zero-order valence-corrected chi connectivity index (χ0v) is 11.7. The summed E-state index contributed by atoms with van der Waals surface area (Å²) in [5.74, 6) is -0.0957. The first-order valence-corrected chi connectivity index (χ1v) is 7.13. The summed E-state index contributed by atoms with van der Waals surface area (Å²) in [5.41, 5.74) is 0.903. The van der Waals surface area contributed by atoms with E-state index in [1.54, 1.807) is 23.6 Å². The highest BCUT2D eigenvalue weighted by Gasteiger charge is 2.01. The minimum Gasteiger partial charge on any atom is -0.382 e. The summed E-state index contributed by atoms with van der Waals surface area (Å²) in [4.78, 5) is 16.7. The molecule has 0 aromatic carbocycles. The molecule has 0 spiro atoms. The molecule has 0 saturated carbocycles. The Bertz CT molecular complexity index is 559. The fourth-order valence-electron chi connectivity index (χ4n) is 1.62. The van der Waals surface area contributed by atoms with Gasteiger partial charge >= 0.3 is 0 Å². The van der Waals surface area contributed by atoms with E-state index >= 15 is 0 Å². The van der Waals surface area contributed by atoms with Crippen LogP contribution in [0.5, 0.6) is 0 Å². The van der Waals surface area contributed by atoms with Gasteiger partial charge < -0.3 is 10.1 Å². The number of carbonyl (C=O) groups excluding carboxylic acids is 1. The molecule has 19 heavy (non-hydrogen) atoms. The highest BCUT2D eigenvalue weighted by molar-refractivity contribution is 7.15. The highest BCUT2D eigenvalue weighted by Crippen LogP contribution is 2.13. The number of rotatable bonds is 7. The predicted octanol–water partition coefficient (Wildman–Crippen LogP) is 1.95. The zero-order valence-electron chi connectivity index (χ0n) is 10.8. The maximum Gasteiger partial charge on any atom is 0.244 e. The number of carbonyl (C=O) groups is 1. The maximum absolute atomic E-state index is 11.6. The van der Waals surface area contributed by atoms with Gasteiger partial charge in [0.05, 0.1) is 11.9 Å². The van der Waals surface area contributed by atoms with Crippen LogP contribution in [-0.4, -0.2) is 35.1 Å². The van der Waals surface area contributed by atoms with Crippen LogP contribution in [0.1, 0.15) is 19.0 Å².